The van der Waals surface area contributed by atoms with Crippen molar-refractivity contribution < 1.29 is 34.6 Å². The molecule has 0 amide bonds. The number of halogens is 5. The van der Waals surface area contributed by atoms with Crippen LogP contribution in [0.25, 0.3) is 0 Å². The highest BCUT2D eigenvalue weighted by Gasteiger charge is 2.64. The SMILES string of the molecule is CCC(F)C(F)(F)C(F)(F)OS(C)(=O)=O. The van der Waals surface area contributed by atoms with Gasteiger partial charge in [0.2, 0.25) is 0 Å². The van der Waals surface area contributed by atoms with Gasteiger partial charge >= 0.3 is 12.0 Å². The second kappa shape index (κ2) is 4.20. The second-order valence-corrected chi connectivity index (χ2v) is 4.38. The second-order valence-electron chi connectivity index (χ2n) is 2.80. The van der Waals surface area contributed by atoms with E-state index in [1.165, 1.54) is 0 Å². The summed E-state index contributed by atoms with van der Waals surface area (Å²) in [5.74, 6) is -5.19. The van der Waals surface area contributed by atoms with Crippen LogP contribution in [0, 0.1) is 0 Å². The van der Waals surface area contributed by atoms with Gasteiger partial charge in [-0.1, -0.05) is 6.92 Å². The molecule has 0 aromatic rings. The average molecular weight is 256 g/mol. The fourth-order valence-corrected chi connectivity index (χ4v) is 1.18. The van der Waals surface area contributed by atoms with Gasteiger partial charge in [0, 0.05) is 0 Å². The van der Waals surface area contributed by atoms with Gasteiger partial charge in [0.15, 0.2) is 6.17 Å². The third kappa shape index (κ3) is 3.56. The predicted molar refractivity (Wildman–Crippen MR) is 41.0 cm³/mol. The Morgan fingerprint density at radius 1 is 1.27 bits per heavy atom. The molecule has 3 nitrogen and oxygen atoms in total. The first-order valence-corrected chi connectivity index (χ1v) is 5.56. The first kappa shape index (κ1) is 14.6. The molecule has 0 spiro atoms. The summed E-state index contributed by atoms with van der Waals surface area (Å²) >= 11 is 0. The summed E-state index contributed by atoms with van der Waals surface area (Å²) < 4.78 is 86.1. The Hall–Kier alpha value is -0.440. The van der Waals surface area contributed by atoms with Crippen molar-refractivity contribution in [2.75, 3.05) is 6.26 Å². The van der Waals surface area contributed by atoms with Gasteiger partial charge in [0.25, 0.3) is 10.1 Å². The van der Waals surface area contributed by atoms with E-state index >= 15 is 0 Å². The minimum Gasteiger partial charge on any atom is -0.240 e. The summed E-state index contributed by atoms with van der Waals surface area (Å²) in [6, 6.07) is 0. The van der Waals surface area contributed by atoms with Gasteiger partial charge in [-0.3, -0.25) is 0 Å². The van der Waals surface area contributed by atoms with E-state index < -0.39 is 34.7 Å². The van der Waals surface area contributed by atoms with E-state index in [4.69, 9.17) is 0 Å². The van der Waals surface area contributed by atoms with E-state index in [1.807, 2.05) is 0 Å². The topological polar surface area (TPSA) is 43.4 Å². The van der Waals surface area contributed by atoms with E-state index in [-0.39, 0.29) is 6.26 Å². The highest BCUT2D eigenvalue weighted by atomic mass is 32.2. The standard InChI is InChI=1S/C6H9F5O3S/c1-3-4(7)5(8,9)6(10,11)14-15(2,12)13/h4H,3H2,1-2H3. The van der Waals surface area contributed by atoms with Crippen molar-refractivity contribution in [1.82, 2.24) is 0 Å². The largest absolute Gasteiger partial charge is 0.436 e. The highest BCUT2D eigenvalue weighted by molar-refractivity contribution is 7.86. The molecule has 0 aromatic heterocycles. The van der Waals surface area contributed by atoms with Crippen LogP contribution in [0.4, 0.5) is 22.0 Å². The molecule has 1 atom stereocenters. The Morgan fingerprint density at radius 3 is 1.93 bits per heavy atom. The summed E-state index contributed by atoms with van der Waals surface area (Å²) in [6.45, 7) is 0.912. The van der Waals surface area contributed by atoms with Gasteiger partial charge in [-0.25, -0.2) is 4.39 Å². The Balaban J connectivity index is 5.01. The lowest BCUT2D eigenvalue weighted by molar-refractivity contribution is -0.325. The summed E-state index contributed by atoms with van der Waals surface area (Å²) in [4.78, 5) is 0. The fourth-order valence-electron chi connectivity index (χ4n) is 0.684. The summed E-state index contributed by atoms with van der Waals surface area (Å²) in [6.07, 6.45) is -9.31. The predicted octanol–water partition coefficient (Wildman–Crippen LogP) is 1.94. The molecule has 0 saturated carbocycles. The third-order valence-corrected chi connectivity index (χ3v) is 1.91. The minimum atomic E-state index is -5.39. The zero-order valence-corrected chi connectivity index (χ0v) is 8.62. The van der Waals surface area contributed by atoms with Gasteiger partial charge in [0.05, 0.1) is 6.26 Å². The molecule has 9 heteroatoms. The molecule has 0 radical (unpaired) electrons. The quantitative estimate of drug-likeness (QED) is 0.557. The van der Waals surface area contributed by atoms with Crippen molar-refractivity contribution in [1.29, 1.82) is 0 Å². The molecule has 0 aliphatic rings. The van der Waals surface area contributed by atoms with Crippen LogP contribution in [-0.2, 0) is 14.3 Å². The van der Waals surface area contributed by atoms with Crippen molar-refractivity contribution >= 4 is 10.1 Å². The molecule has 0 aliphatic carbocycles. The maximum absolute atomic E-state index is 12.6. The molecule has 0 N–H and O–H groups in total. The Bertz CT molecular complexity index is 313. The van der Waals surface area contributed by atoms with E-state index in [2.05, 4.69) is 4.18 Å². The number of hydrogen-bond acceptors (Lipinski definition) is 3. The molecule has 0 saturated heterocycles. The fraction of sp³-hybridized carbons (Fsp3) is 1.00. The van der Waals surface area contributed by atoms with Gasteiger partial charge in [-0.15, -0.1) is 0 Å². The lowest BCUT2D eigenvalue weighted by atomic mass is 10.1. The molecular weight excluding hydrogens is 247 g/mol. The van der Waals surface area contributed by atoms with E-state index in [1.54, 1.807) is 0 Å². The van der Waals surface area contributed by atoms with Crippen LogP contribution in [0.5, 0.6) is 0 Å². The Kier molecular flexibility index (Phi) is 4.08. The first-order chi connectivity index (χ1) is 6.44. The van der Waals surface area contributed by atoms with Crippen molar-refractivity contribution in [3.63, 3.8) is 0 Å². The van der Waals surface area contributed by atoms with Crippen LogP contribution in [0.1, 0.15) is 13.3 Å². The van der Waals surface area contributed by atoms with Crippen molar-refractivity contribution in [2.45, 2.75) is 31.5 Å². The van der Waals surface area contributed by atoms with Gasteiger partial charge in [-0.05, 0) is 6.42 Å². The lowest BCUT2D eigenvalue weighted by Gasteiger charge is -2.26. The van der Waals surface area contributed by atoms with E-state index in [0.717, 1.165) is 6.92 Å². The van der Waals surface area contributed by atoms with E-state index in [9.17, 15) is 30.4 Å². The third-order valence-electron chi connectivity index (χ3n) is 1.40. The number of rotatable bonds is 5. The molecule has 0 aromatic carbocycles. The number of alkyl halides is 5. The zero-order chi connectivity index (χ0) is 12.5. The average Bonchev–Trinajstić information content (AvgIpc) is 1.97. The van der Waals surface area contributed by atoms with Gasteiger partial charge in [-0.2, -0.15) is 30.2 Å². The number of hydrogen-bond donors (Lipinski definition) is 0. The zero-order valence-electron chi connectivity index (χ0n) is 7.81. The molecule has 0 heterocycles. The molecule has 1 unspecified atom stereocenters. The molecule has 0 aliphatic heterocycles. The van der Waals surface area contributed by atoms with Crippen molar-refractivity contribution in [2.24, 2.45) is 0 Å². The lowest BCUT2D eigenvalue weighted by Crippen LogP contribution is -2.50. The molecule has 0 rings (SSSR count). The molecular formula is C6H9F5O3S. The summed E-state index contributed by atoms with van der Waals surface area (Å²) in [5.41, 5.74) is 0. The highest BCUT2D eigenvalue weighted by Crippen LogP contribution is 2.41. The van der Waals surface area contributed by atoms with E-state index in [0.29, 0.717) is 0 Å². The van der Waals surface area contributed by atoms with Crippen LogP contribution in [0.15, 0.2) is 0 Å². The minimum absolute atomic E-state index is 0.163. The van der Waals surface area contributed by atoms with Crippen LogP contribution in [-0.4, -0.2) is 32.9 Å². The maximum Gasteiger partial charge on any atom is 0.436 e. The van der Waals surface area contributed by atoms with Gasteiger partial charge in [0.1, 0.15) is 0 Å². The molecule has 15 heavy (non-hydrogen) atoms. The molecule has 0 bridgehead atoms. The summed E-state index contributed by atoms with van der Waals surface area (Å²) in [7, 11) is -4.80. The van der Waals surface area contributed by atoms with Crippen molar-refractivity contribution in [3.8, 4) is 0 Å². The van der Waals surface area contributed by atoms with Crippen molar-refractivity contribution in [3.05, 3.63) is 0 Å². The monoisotopic (exact) mass is 256 g/mol. The summed E-state index contributed by atoms with van der Waals surface area (Å²) in [5, 5.41) is 0. The smallest absolute Gasteiger partial charge is 0.240 e. The maximum atomic E-state index is 12.6. The Labute approximate surface area is 83.3 Å². The van der Waals surface area contributed by atoms with Crippen LogP contribution in [0.3, 0.4) is 0 Å². The van der Waals surface area contributed by atoms with Crippen LogP contribution in [0.2, 0.25) is 0 Å². The van der Waals surface area contributed by atoms with Gasteiger partial charge < -0.3 is 0 Å². The van der Waals surface area contributed by atoms with Crippen LogP contribution >= 0.6 is 0 Å². The Morgan fingerprint density at radius 2 is 1.67 bits per heavy atom. The molecule has 92 valence electrons. The van der Waals surface area contributed by atoms with Crippen LogP contribution < -0.4 is 0 Å². The first-order valence-electron chi connectivity index (χ1n) is 3.74. The normalized spacial score (nSPS) is 16.5. The molecule has 0 fully saturated rings.